The molecule has 0 fully saturated rings. The third-order valence-corrected chi connectivity index (χ3v) is 2.25. The van der Waals surface area contributed by atoms with Crippen molar-refractivity contribution in [3.8, 4) is 0 Å². The fourth-order valence-electron chi connectivity index (χ4n) is 1.56. The maximum absolute atomic E-state index is 5.78. The molecule has 1 heteroatoms. The zero-order chi connectivity index (χ0) is 9.10. The van der Waals surface area contributed by atoms with Gasteiger partial charge in [-0.05, 0) is 30.1 Å². The van der Waals surface area contributed by atoms with Gasteiger partial charge in [0.15, 0.2) is 0 Å². The van der Waals surface area contributed by atoms with Gasteiger partial charge in [0.25, 0.3) is 0 Å². The highest BCUT2D eigenvalue weighted by molar-refractivity contribution is 5.75. The van der Waals surface area contributed by atoms with Gasteiger partial charge in [-0.25, -0.2) is 0 Å². The predicted octanol–water partition coefficient (Wildman–Crippen LogP) is 2.71. The van der Waals surface area contributed by atoms with Crippen molar-refractivity contribution in [1.29, 1.82) is 0 Å². The lowest BCUT2D eigenvalue weighted by Gasteiger charge is -2.10. The van der Waals surface area contributed by atoms with Crippen LogP contribution in [-0.2, 0) is 0 Å². The Kier molecular flexibility index (Phi) is 2.17. The maximum Gasteiger partial charge on any atom is 0.00896 e. The summed E-state index contributed by atoms with van der Waals surface area (Å²) < 4.78 is 0. The molecule has 0 heterocycles. The molecule has 0 bridgehead atoms. The Bertz CT molecular complexity index is 347. The van der Waals surface area contributed by atoms with Crippen LogP contribution in [0.3, 0.4) is 0 Å². The van der Waals surface area contributed by atoms with E-state index in [1.165, 1.54) is 11.1 Å². The van der Waals surface area contributed by atoms with Crippen LogP contribution in [0.5, 0.6) is 0 Å². The van der Waals surface area contributed by atoms with Crippen molar-refractivity contribution in [2.24, 2.45) is 5.73 Å². The summed E-state index contributed by atoms with van der Waals surface area (Å²) in [6, 6.07) is 10.4. The first-order chi connectivity index (χ1) is 6.36. The second-order valence-corrected chi connectivity index (χ2v) is 3.28. The smallest absolute Gasteiger partial charge is 0.00896 e. The van der Waals surface area contributed by atoms with Crippen molar-refractivity contribution in [2.45, 2.75) is 12.8 Å². The summed E-state index contributed by atoms with van der Waals surface area (Å²) in [5.74, 6) is 0. The van der Waals surface area contributed by atoms with E-state index in [0.29, 0.717) is 0 Å². The summed E-state index contributed by atoms with van der Waals surface area (Å²) in [7, 11) is 0. The molecule has 1 aliphatic rings. The zero-order valence-corrected chi connectivity index (χ0v) is 7.53. The summed E-state index contributed by atoms with van der Waals surface area (Å²) in [5.41, 5.74) is 9.28. The van der Waals surface area contributed by atoms with Crippen LogP contribution in [-0.4, -0.2) is 0 Å². The molecule has 0 atom stereocenters. The Morgan fingerprint density at radius 3 is 2.54 bits per heavy atom. The molecule has 2 N–H and O–H groups in total. The molecule has 0 aliphatic heterocycles. The van der Waals surface area contributed by atoms with Crippen LogP contribution in [0, 0.1) is 0 Å². The molecule has 66 valence electrons. The largest absolute Gasteiger partial charge is 0.402 e. The van der Waals surface area contributed by atoms with Crippen LogP contribution in [0.4, 0.5) is 0 Å². The minimum Gasteiger partial charge on any atom is -0.402 e. The van der Waals surface area contributed by atoms with Gasteiger partial charge in [-0.3, -0.25) is 0 Å². The summed E-state index contributed by atoms with van der Waals surface area (Å²) in [5, 5.41) is 0. The SMILES string of the molecule is NC1=CC(c2ccccc2)=CCC1. The van der Waals surface area contributed by atoms with Crippen molar-refractivity contribution in [3.05, 3.63) is 53.7 Å². The van der Waals surface area contributed by atoms with E-state index in [0.717, 1.165) is 18.5 Å². The number of hydrogen-bond donors (Lipinski definition) is 1. The highest BCUT2D eigenvalue weighted by Gasteiger charge is 2.03. The molecule has 1 aromatic rings. The van der Waals surface area contributed by atoms with Gasteiger partial charge in [-0.2, -0.15) is 0 Å². The molecule has 13 heavy (non-hydrogen) atoms. The molecule has 0 spiro atoms. The number of rotatable bonds is 1. The van der Waals surface area contributed by atoms with Gasteiger partial charge in [0.1, 0.15) is 0 Å². The standard InChI is InChI=1S/C12H13N/c13-12-8-4-7-11(9-12)10-5-2-1-3-6-10/h1-3,5-7,9H,4,8,13H2. The lowest BCUT2D eigenvalue weighted by atomic mass is 9.98. The molecular weight excluding hydrogens is 158 g/mol. The Hall–Kier alpha value is -1.50. The van der Waals surface area contributed by atoms with Gasteiger partial charge in [-0.15, -0.1) is 0 Å². The molecule has 2 rings (SSSR count). The third-order valence-electron chi connectivity index (χ3n) is 2.25. The van der Waals surface area contributed by atoms with Gasteiger partial charge < -0.3 is 5.73 Å². The van der Waals surface area contributed by atoms with Gasteiger partial charge >= 0.3 is 0 Å². The predicted molar refractivity (Wildman–Crippen MR) is 55.9 cm³/mol. The summed E-state index contributed by atoms with van der Waals surface area (Å²) >= 11 is 0. The summed E-state index contributed by atoms with van der Waals surface area (Å²) in [6.45, 7) is 0. The van der Waals surface area contributed by atoms with E-state index in [9.17, 15) is 0 Å². The maximum atomic E-state index is 5.78. The van der Waals surface area contributed by atoms with Crippen LogP contribution < -0.4 is 5.73 Å². The van der Waals surface area contributed by atoms with E-state index >= 15 is 0 Å². The Morgan fingerprint density at radius 2 is 1.85 bits per heavy atom. The summed E-state index contributed by atoms with van der Waals surface area (Å²) in [4.78, 5) is 0. The Balaban J connectivity index is 2.33. The first-order valence-electron chi connectivity index (χ1n) is 4.58. The average Bonchev–Trinajstić information content (AvgIpc) is 2.19. The molecule has 0 unspecified atom stereocenters. The molecule has 0 radical (unpaired) electrons. The van der Waals surface area contributed by atoms with Gasteiger partial charge in [0.05, 0.1) is 0 Å². The second-order valence-electron chi connectivity index (χ2n) is 3.28. The number of hydrogen-bond acceptors (Lipinski definition) is 1. The van der Waals surface area contributed by atoms with Crippen molar-refractivity contribution in [3.63, 3.8) is 0 Å². The van der Waals surface area contributed by atoms with Gasteiger partial charge in [0, 0.05) is 5.70 Å². The first kappa shape index (κ1) is 8.11. The van der Waals surface area contributed by atoms with Crippen LogP contribution >= 0.6 is 0 Å². The van der Waals surface area contributed by atoms with E-state index in [1.807, 2.05) is 6.07 Å². The molecule has 0 amide bonds. The van der Waals surface area contributed by atoms with Crippen LogP contribution in [0.2, 0.25) is 0 Å². The fraction of sp³-hybridized carbons (Fsp3) is 0.167. The fourth-order valence-corrected chi connectivity index (χ4v) is 1.56. The zero-order valence-electron chi connectivity index (χ0n) is 7.53. The minimum absolute atomic E-state index is 0.987. The number of benzene rings is 1. The number of nitrogens with two attached hydrogens (primary N) is 1. The van der Waals surface area contributed by atoms with Crippen LogP contribution in [0.15, 0.2) is 48.2 Å². The van der Waals surface area contributed by atoms with E-state index in [2.05, 4.69) is 36.4 Å². The highest BCUT2D eigenvalue weighted by atomic mass is 14.6. The van der Waals surface area contributed by atoms with E-state index in [-0.39, 0.29) is 0 Å². The van der Waals surface area contributed by atoms with E-state index in [1.54, 1.807) is 0 Å². The monoisotopic (exact) mass is 171 g/mol. The van der Waals surface area contributed by atoms with Gasteiger partial charge in [0.2, 0.25) is 0 Å². The number of allylic oxidation sites excluding steroid dienone is 4. The molecule has 1 nitrogen and oxygen atoms in total. The molecular formula is C12H13N. The van der Waals surface area contributed by atoms with Gasteiger partial charge in [-0.1, -0.05) is 36.4 Å². The molecule has 0 saturated carbocycles. The van der Waals surface area contributed by atoms with E-state index in [4.69, 9.17) is 5.73 Å². The Labute approximate surface area is 78.6 Å². The van der Waals surface area contributed by atoms with Crippen molar-refractivity contribution < 1.29 is 0 Å². The quantitative estimate of drug-likeness (QED) is 0.690. The highest BCUT2D eigenvalue weighted by Crippen LogP contribution is 2.22. The average molecular weight is 171 g/mol. The van der Waals surface area contributed by atoms with Crippen molar-refractivity contribution in [1.82, 2.24) is 0 Å². The van der Waals surface area contributed by atoms with Crippen molar-refractivity contribution in [2.75, 3.05) is 0 Å². The van der Waals surface area contributed by atoms with Crippen LogP contribution in [0.25, 0.3) is 5.57 Å². The molecule has 1 aliphatic carbocycles. The normalized spacial score (nSPS) is 16.3. The molecule has 1 aromatic carbocycles. The lowest BCUT2D eigenvalue weighted by molar-refractivity contribution is 0.948. The lowest BCUT2D eigenvalue weighted by Crippen LogP contribution is -2.00. The van der Waals surface area contributed by atoms with E-state index < -0.39 is 0 Å². The Morgan fingerprint density at radius 1 is 1.08 bits per heavy atom. The second kappa shape index (κ2) is 3.48. The first-order valence-corrected chi connectivity index (χ1v) is 4.58. The van der Waals surface area contributed by atoms with Crippen LogP contribution in [0.1, 0.15) is 18.4 Å². The topological polar surface area (TPSA) is 26.0 Å². The minimum atomic E-state index is 0.987. The van der Waals surface area contributed by atoms with Crippen molar-refractivity contribution >= 4 is 5.57 Å². The molecule has 0 saturated heterocycles. The summed E-state index contributed by atoms with van der Waals surface area (Å²) in [6.07, 6.45) is 6.37. The third kappa shape index (κ3) is 1.81. The molecule has 0 aromatic heterocycles.